The van der Waals surface area contributed by atoms with Crippen LogP contribution in [0.25, 0.3) is 0 Å². The maximum absolute atomic E-state index is 13.2. The van der Waals surface area contributed by atoms with Crippen molar-refractivity contribution in [2.75, 3.05) is 0 Å². The van der Waals surface area contributed by atoms with E-state index in [1.165, 1.54) is 11.1 Å². The van der Waals surface area contributed by atoms with Crippen molar-refractivity contribution in [1.82, 2.24) is 10.6 Å². The number of benzene rings is 3. The molecule has 0 heterocycles. The van der Waals surface area contributed by atoms with Gasteiger partial charge in [0.15, 0.2) is 0 Å². The Hall–Kier alpha value is -3.40. The smallest absolute Gasteiger partial charge is 0.251 e. The van der Waals surface area contributed by atoms with E-state index in [1.54, 1.807) is 12.1 Å². The van der Waals surface area contributed by atoms with Gasteiger partial charge in [-0.2, -0.15) is 0 Å². The summed E-state index contributed by atoms with van der Waals surface area (Å²) in [4.78, 5) is 25.8. The van der Waals surface area contributed by atoms with Crippen molar-refractivity contribution < 1.29 is 9.59 Å². The summed E-state index contributed by atoms with van der Waals surface area (Å²) in [5.41, 5.74) is 4.01. The number of aryl methyl sites for hydroxylation is 1. The third-order valence-corrected chi connectivity index (χ3v) is 5.39. The molecule has 0 aromatic heterocycles. The molecule has 2 atom stereocenters. The first-order valence-electron chi connectivity index (χ1n) is 9.99. The monoisotopic (exact) mass is 384 g/mol. The molecule has 0 aliphatic heterocycles. The molecule has 0 fully saturated rings. The fourth-order valence-electron chi connectivity index (χ4n) is 3.87. The average molecular weight is 384 g/mol. The van der Waals surface area contributed by atoms with Crippen molar-refractivity contribution in [2.24, 2.45) is 0 Å². The number of rotatable bonds is 6. The zero-order chi connectivity index (χ0) is 20.1. The van der Waals surface area contributed by atoms with E-state index in [0.717, 1.165) is 18.4 Å². The molecule has 29 heavy (non-hydrogen) atoms. The summed E-state index contributed by atoms with van der Waals surface area (Å²) in [5, 5.41) is 6.09. The molecule has 2 N–H and O–H groups in total. The summed E-state index contributed by atoms with van der Waals surface area (Å²) in [6.45, 7) is 0. The number of fused-ring (bicyclic) bond motifs is 1. The van der Waals surface area contributed by atoms with Gasteiger partial charge in [-0.25, -0.2) is 0 Å². The Morgan fingerprint density at radius 2 is 1.52 bits per heavy atom. The minimum atomic E-state index is -0.641. The molecule has 0 bridgehead atoms. The van der Waals surface area contributed by atoms with Crippen molar-refractivity contribution in [3.05, 3.63) is 107 Å². The first-order valence-corrected chi connectivity index (χ1v) is 9.99. The van der Waals surface area contributed by atoms with Crippen molar-refractivity contribution >= 4 is 11.8 Å². The Balaban J connectivity index is 1.51. The van der Waals surface area contributed by atoms with Crippen molar-refractivity contribution in [1.29, 1.82) is 0 Å². The summed E-state index contributed by atoms with van der Waals surface area (Å²) in [7, 11) is 0. The highest BCUT2D eigenvalue weighted by molar-refractivity contribution is 5.97. The number of amides is 2. The Labute approximate surface area is 171 Å². The molecule has 4 nitrogen and oxygen atoms in total. The molecule has 0 radical (unpaired) electrons. The van der Waals surface area contributed by atoms with Gasteiger partial charge in [-0.1, -0.05) is 72.8 Å². The molecule has 0 saturated carbocycles. The second-order valence-electron chi connectivity index (χ2n) is 7.38. The summed E-state index contributed by atoms with van der Waals surface area (Å²) < 4.78 is 0. The maximum atomic E-state index is 13.2. The van der Waals surface area contributed by atoms with Crippen LogP contribution < -0.4 is 10.6 Å². The van der Waals surface area contributed by atoms with Gasteiger partial charge in [0.1, 0.15) is 6.04 Å². The molecule has 2 amide bonds. The lowest BCUT2D eigenvalue weighted by Crippen LogP contribution is -2.48. The first kappa shape index (κ1) is 18.9. The van der Waals surface area contributed by atoms with Gasteiger partial charge in [0.05, 0.1) is 6.04 Å². The number of nitrogens with one attached hydrogen (secondary N) is 2. The van der Waals surface area contributed by atoms with Gasteiger partial charge < -0.3 is 10.6 Å². The fourth-order valence-corrected chi connectivity index (χ4v) is 3.87. The van der Waals surface area contributed by atoms with Gasteiger partial charge in [-0.15, -0.1) is 0 Å². The Morgan fingerprint density at radius 3 is 2.28 bits per heavy atom. The molecule has 1 aliphatic carbocycles. The second-order valence-corrected chi connectivity index (χ2v) is 7.38. The number of hydrogen-bond donors (Lipinski definition) is 2. The predicted molar refractivity (Wildman–Crippen MR) is 113 cm³/mol. The third kappa shape index (κ3) is 4.54. The maximum Gasteiger partial charge on any atom is 0.251 e. The van der Waals surface area contributed by atoms with Crippen LogP contribution in [0, 0.1) is 0 Å². The predicted octanol–water partition coefficient (Wildman–Crippen LogP) is 3.83. The molecule has 0 spiro atoms. The molecule has 3 aromatic rings. The van der Waals surface area contributed by atoms with E-state index in [2.05, 4.69) is 22.8 Å². The summed E-state index contributed by atoms with van der Waals surface area (Å²) in [6.07, 6.45) is 2.29. The molecule has 1 aliphatic rings. The Bertz CT molecular complexity index is 986. The highest BCUT2D eigenvalue weighted by Gasteiger charge is 2.28. The molecular weight excluding hydrogens is 360 g/mol. The summed E-state index contributed by atoms with van der Waals surface area (Å²) >= 11 is 0. The first-order chi connectivity index (χ1) is 14.2. The van der Waals surface area contributed by atoms with Gasteiger partial charge >= 0.3 is 0 Å². The average Bonchev–Trinajstić information content (AvgIpc) is 3.17. The lowest BCUT2D eigenvalue weighted by molar-refractivity contribution is -0.123. The minimum Gasteiger partial charge on any atom is -0.347 e. The van der Waals surface area contributed by atoms with Crippen molar-refractivity contribution in [2.45, 2.75) is 31.3 Å². The van der Waals surface area contributed by atoms with Crippen LogP contribution in [0.2, 0.25) is 0 Å². The van der Waals surface area contributed by atoms with Gasteiger partial charge in [-0.3, -0.25) is 9.59 Å². The molecule has 4 rings (SSSR count). The zero-order valence-electron chi connectivity index (χ0n) is 16.2. The molecule has 0 saturated heterocycles. The fraction of sp³-hybridized carbons (Fsp3) is 0.200. The van der Waals surface area contributed by atoms with Crippen LogP contribution in [-0.4, -0.2) is 17.9 Å². The quantitative estimate of drug-likeness (QED) is 0.679. The second kappa shape index (κ2) is 8.74. The van der Waals surface area contributed by atoms with Crippen LogP contribution in [0.3, 0.4) is 0 Å². The van der Waals surface area contributed by atoms with Crippen LogP contribution in [0.5, 0.6) is 0 Å². The van der Waals surface area contributed by atoms with Gasteiger partial charge in [0, 0.05) is 12.0 Å². The molecule has 146 valence electrons. The summed E-state index contributed by atoms with van der Waals surface area (Å²) in [5.74, 6) is -0.395. The molecule has 0 unspecified atom stereocenters. The van der Waals surface area contributed by atoms with Gasteiger partial charge in [0.2, 0.25) is 5.91 Å². The van der Waals surface area contributed by atoms with Crippen LogP contribution in [0.1, 0.15) is 39.5 Å². The molecular formula is C25H24N2O2. The lowest BCUT2D eigenvalue weighted by atomic mass is 10.0. The topological polar surface area (TPSA) is 58.2 Å². The number of hydrogen-bond acceptors (Lipinski definition) is 2. The lowest BCUT2D eigenvalue weighted by Gasteiger charge is -2.22. The highest BCUT2D eigenvalue weighted by atomic mass is 16.2. The van der Waals surface area contributed by atoms with E-state index in [1.807, 2.05) is 60.7 Å². The highest BCUT2D eigenvalue weighted by Crippen LogP contribution is 2.30. The van der Waals surface area contributed by atoms with E-state index < -0.39 is 6.04 Å². The minimum absolute atomic E-state index is 0.00870. The van der Waals surface area contributed by atoms with Gasteiger partial charge in [-0.05, 0) is 41.7 Å². The van der Waals surface area contributed by atoms with Gasteiger partial charge in [0.25, 0.3) is 5.91 Å². The largest absolute Gasteiger partial charge is 0.347 e. The van der Waals surface area contributed by atoms with Crippen molar-refractivity contribution in [3.63, 3.8) is 0 Å². The van der Waals surface area contributed by atoms with Crippen LogP contribution in [-0.2, 0) is 17.6 Å². The van der Waals surface area contributed by atoms with E-state index in [0.29, 0.717) is 12.0 Å². The Morgan fingerprint density at radius 1 is 0.862 bits per heavy atom. The standard InChI is InChI=1S/C25H24N2O2/c28-24(20-12-5-2-6-13-20)27-23(17-18-9-3-1-4-10-18)25(29)26-22-16-15-19-11-7-8-14-21(19)22/h1-14,22-23H,15-17H2,(H,26,29)(H,27,28)/t22-,23+/m0/s1. The van der Waals surface area contributed by atoms with E-state index >= 15 is 0 Å². The summed E-state index contributed by atoms with van der Waals surface area (Å²) in [6, 6.07) is 26.3. The van der Waals surface area contributed by atoms with E-state index in [9.17, 15) is 9.59 Å². The normalized spacial score (nSPS) is 15.9. The number of carbonyl (C=O) groups is 2. The van der Waals surface area contributed by atoms with Crippen LogP contribution >= 0.6 is 0 Å². The van der Waals surface area contributed by atoms with Crippen LogP contribution in [0.15, 0.2) is 84.9 Å². The molecule has 3 aromatic carbocycles. The van der Waals surface area contributed by atoms with Crippen LogP contribution in [0.4, 0.5) is 0 Å². The SMILES string of the molecule is O=C(N[C@H](Cc1ccccc1)C(=O)N[C@H]1CCc2ccccc21)c1ccccc1. The van der Waals surface area contributed by atoms with Crippen molar-refractivity contribution in [3.8, 4) is 0 Å². The number of carbonyl (C=O) groups excluding carboxylic acids is 2. The Kier molecular flexibility index (Phi) is 5.71. The van der Waals surface area contributed by atoms with E-state index in [-0.39, 0.29) is 17.9 Å². The zero-order valence-corrected chi connectivity index (χ0v) is 16.2. The third-order valence-electron chi connectivity index (χ3n) is 5.39. The van der Waals surface area contributed by atoms with E-state index in [4.69, 9.17) is 0 Å². The molecule has 4 heteroatoms.